The lowest BCUT2D eigenvalue weighted by molar-refractivity contribution is -0.137. The molecule has 1 atom stereocenters. The van der Waals surface area contributed by atoms with Crippen LogP contribution in [0.5, 0.6) is 11.5 Å². The van der Waals surface area contributed by atoms with Crippen molar-refractivity contribution >= 4 is 15.8 Å². The van der Waals surface area contributed by atoms with Gasteiger partial charge >= 0.3 is 5.97 Å². The minimum Gasteiger partial charge on any atom is -0.492 e. The van der Waals surface area contributed by atoms with Crippen molar-refractivity contribution in [3.05, 3.63) is 89.0 Å². The van der Waals surface area contributed by atoms with Crippen molar-refractivity contribution in [2.45, 2.75) is 23.8 Å². The van der Waals surface area contributed by atoms with Crippen LogP contribution in [0.2, 0.25) is 0 Å². The monoisotopic (exact) mass is 462 g/mol. The summed E-state index contributed by atoms with van der Waals surface area (Å²) in [5, 5.41) is 9.02. The van der Waals surface area contributed by atoms with Gasteiger partial charge in [0.1, 0.15) is 18.1 Å². The number of hydrogen-bond acceptors (Lipinski definition) is 5. The Hall–Kier alpha value is -3.76. The highest BCUT2D eigenvalue weighted by Gasteiger charge is 2.26. The molecule has 6 nitrogen and oxygen atoms in total. The van der Waals surface area contributed by atoms with Crippen LogP contribution in [0, 0.1) is 11.8 Å². The zero-order chi connectivity index (χ0) is 23.4. The van der Waals surface area contributed by atoms with E-state index in [0.717, 1.165) is 22.3 Å². The summed E-state index contributed by atoms with van der Waals surface area (Å²) in [6.45, 7) is 0.707. The molecule has 7 heteroatoms. The van der Waals surface area contributed by atoms with Crippen molar-refractivity contribution < 1.29 is 27.8 Å². The Morgan fingerprint density at radius 1 is 1.06 bits per heavy atom. The molecular weight excluding hydrogens is 440 g/mol. The van der Waals surface area contributed by atoms with Crippen LogP contribution in [0.3, 0.4) is 0 Å². The molecule has 3 aromatic carbocycles. The van der Waals surface area contributed by atoms with Gasteiger partial charge in [0.2, 0.25) is 0 Å². The van der Waals surface area contributed by atoms with Gasteiger partial charge in [0.25, 0.3) is 0 Å². The zero-order valence-electron chi connectivity index (χ0n) is 17.9. The van der Waals surface area contributed by atoms with E-state index in [9.17, 15) is 13.2 Å². The van der Waals surface area contributed by atoms with Crippen LogP contribution < -0.4 is 9.47 Å². The maximum Gasteiger partial charge on any atom is 0.304 e. The number of sulfone groups is 1. The second-order valence-corrected chi connectivity index (χ2v) is 9.86. The molecule has 33 heavy (non-hydrogen) atoms. The lowest BCUT2D eigenvalue weighted by Gasteiger charge is -2.09. The first-order valence-electron chi connectivity index (χ1n) is 10.3. The topological polar surface area (TPSA) is 89.9 Å². The third-order valence-corrected chi connectivity index (χ3v) is 6.38. The molecule has 3 aromatic rings. The van der Waals surface area contributed by atoms with Crippen LogP contribution in [-0.2, 0) is 21.2 Å². The van der Waals surface area contributed by atoms with Gasteiger partial charge in [-0.15, -0.1) is 0 Å². The van der Waals surface area contributed by atoms with Crippen LogP contribution in [0.25, 0.3) is 0 Å². The van der Waals surface area contributed by atoms with Crippen LogP contribution >= 0.6 is 0 Å². The molecule has 4 rings (SSSR count). The van der Waals surface area contributed by atoms with Crippen LogP contribution in [0.15, 0.2) is 71.6 Å². The molecular formula is C26H22O6S. The Morgan fingerprint density at radius 2 is 1.82 bits per heavy atom. The summed E-state index contributed by atoms with van der Waals surface area (Å²) < 4.78 is 34.6. The normalized spacial score (nSPS) is 14.5. The van der Waals surface area contributed by atoms with E-state index in [1.807, 2.05) is 36.4 Å². The van der Waals surface area contributed by atoms with Crippen LogP contribution in [0.1, 0.15) is 34.6 Å². The Morgan fingerprint density at radius 3 is 2.55 bits per heavy atom. The van der Waals surface area contributed by atoms with Crippen molar-refractivity contribution in [3.63, 3.8) is 0 Å². The molecule has 168 valence electrons. The molecule has 0 radical (unpaired) electrons. The number of hydrogen-bond donors (Lipinski definition) is 1. The van der Waals surface area contributed by atoms with E-state index < -0.39 is 15.8 Å². The molecule has 1 aliphatic heterocycles. The van der Waals surface area contributed by atoms with Crippen LogP contribution in [0.4, 0.5) is 0 Å². The lowest BCUT2D eigenvalue weighted by Crippen LogP contribution is -2.07. The predicted molar refractivity (Wildman–Crippen MR) is 123 cm³/mol. The lowest BCUT2D eigenvalue weighted by atomic mass is 9.98. The number of carboxylic acids is 1. The predicted octanol–water partition coefficient (Wildman–Crippen LogP) is 4.02. The fourth-order valence-electron chi connectivity index (χ4n) is 3.56. The summed E-state index contributed by atoms with van der Waals surface area (Å²) >= 11 is 0. The van der Waals surface area contributed by atoms with E-state index in [1.54, 1.807) is 30.3 Å². The number of ether oxygens (including phenoxy) is 2. The van der Waals surface area contributed by atoms with E-state index in [1.165, 1.54) is 6.26 Å². The van der Waals surface area contributed by atoms with Gasteiger partial charge in [0, 0.05) is 34.9 Å². The average Bonchev–Trinajstić information content (AvgIpc) is 3.17. The fraction of sp³-hybridized carbons (Fsp3) is 0.192. The number of carboxylic acid groups (broad SMARTS) is 1. The number of fused-ring (bicyclic) bond motifs is 1. The third-order valence-electron chi connectivity index (χ3n) is 5.25. The van der Waals surface area contributed by atoms with Gasteiger partial charge in [-0.1, -0.05) is 30.0 Å². The molecule has 1 heterocycles. The van der Waals surface area contributed by atoms with E-state index in [0.29, 0.717) is 24.7 Å². The van der Waals surface area contributed by atoms with Crippen molar-refractivity contribution in [1.29, 1.82) is 0 Å². The first-order chi connectivity index (χ1) is 15.8. The van der Waals surface area contributed by atoms with Gasteiger partial charge < -0.3 is 14.6 Å². The molecule has 0 aromatic heterocycles. The smallest absolute Gasteiger partial charge is 0.304 e. The van der Waals surface area contributed by atoms with E-state index in [4.69, 9.17) is 14.6 Å². The highest BCUT2D eigenvalue weighted by molar-refractivity contribution is 7.90. The maximum absolute atomic E-state index is 11.6. The standard InChI is InChI=1S/C26H22O6S/c1-33(29,30)23-10-7-18(8-11-23)5-6-19-3-2-4-20(13-19)16-31-22-9-12-24-21(14-26(27)28)17-32-25(24)15-22/h2-4,7-13,15,21H,14,16-17H2,1H3,(H,27,28). The van der Waals surface area contributed by atoms with Crippen molar-refractivity contribution in [3.8, 4) is 23.3 Å². The van der Waals surface area contributed by atoms with Crippen molar-refractivity contribution in [1.82, 2.24) is 0 Å². The molecule has 1 N–H and O–H groups in total. The summed E-state index contributed by atoms with van der Waals surface area (Å²) in [5.74, 6) is 6.47. The largest absolute Gasteiger partial charge is 0.492 e. The molecule has 0 fully saturated rings. The first kappa shape index (κ1) is 22.4. The summed E-state index contributed by atoms with van der Waals surface area (Å²) in [6, 6.07) is 19.6. The third kappa shape index (κ3) is 5.73. The zero-order valence-corrected chi connectivity index (χ0v) is 18.8. The molecule has 0 aliphatic carbocycles. The summed E-state index contributed by atoms with van der Waals surface area (Å²) in [4.78, 5) is 11.2. The molecule has 0 saturated carbocycles. The minimum atomic E-state index is -3.23. The SMILES string of the molecule is CS(=O)(=O)c1ccc(C#Cc2cccc(COc3ccc4c(c3)OCC4CC(=O)O)c2)cc1. The maximum atomic E-state index is 11.6. The summed E-state index contributed by atoms with van der Waals surface area (Å²) in [5.41, 5.74) is 3.38. The molecule has 0 bridgehead atoms. The number of benzene rings is 3. The number of rotatable bonds is 6. The second kappa shape index (κ2) is 9.39. The number of carbonyl (C=O) groups is 1. The Bertz CT molecular complexity index is 1350. The van der Waals surface area contributed by atoms with Crippen molar-refractivity contribution in [2.75, 3.05) is 12.9 Å². The molecule has 0 amide bonds. The van der Waals surface area contributed by atoms with Gasteiger partial charge in [-0.2, -0.15) is 0 Å². The highest BCUT2D eigenvalue weighted by atomic mass is 32.2. The number of aliphatic carboxylic acids is 1. The molecule has 0 saturated heterocycles. The molecule has 0 spiro atoms. The van der Waals surface area contributed by atoms with E-state index in [-0.39, 0.29) is 17.2 Å². The van der Waals surface area contributed by atoms with Crippen molar-refractivity contribution in [2.24, 2.45) is 0 Å². The van der Waals surface area contributed by atoms with Gasteiger partial charge in [0.05, 0.1) is 17.9 Å². The van der Waals surface area contributed by atoms with E-state index in [2.05, 4.69) is 11.8 Å². The van der Waals surface area contributed by atoms with E-state index >= 15 is 0 Å². The van der Waals surface area contributed by atoms with Gasteiger partial charge in [0.15, 0.2) is 9.84 Å². The Balaban J connectivity index is 1.41. The first-order valence-corrected chi connectivity index (χ1v) is 12.2. The van der Waals surface area contributed by atoms with Gasteiger partial charge in [-0.25, -0.2) is 8.42 Å². The summed E-state index contributed by atoms with van der Waals surface area (Å²) in [6.07, 6.45) is 1.22. The Kier molecular flexibility index (Phi) is 6.38. The Labute approximate surface area is 192 Å². The molecule has 1 unspecified atom stereocenters. The van der Waals surface area contributed by atoms with Gasteiger partial charge in [-0.3, -0.25) is 4.79 Å². The van der Waals surface area contributed by atoms with Gasteiger partial charge in [-0.05, 0) is 48.0 Å². The quantitative estimate of drug-likeness (QED) is 0.557. The van der Waals surface area contributed by atoms with Crippen LogP contribution in [-0.4, -0.2) is 32.4 Å². The average molecular weight is 463 g/mol. The summed E-state index contributed by atoms with van der Waals surface area (Å²) in [7, 11) is -3.23. The minimum absolute atomic E-state index is 0.0445. The second-order valence-electron chi connectivity index (χ2n) is 7.84. The molecule has 1 aliphatic rings. The fourth-order valence-corrected chi connectivity index (χ4v) is 4.19. The highest BCUT2D eigenvalue weighted by Crippen LogP contribution is 2.38.